The van der Waals surface area contributed by atoms with E-state index >= 15 is 0 Å². The van der Waals surface area contributed by atoms with Crippen LogP contribution in [-0.4, -0.2) is 42.8 Å². The van der Waals surface area contributed by atoms with E-state index in [-0.39, 0.29) is 12.3 Å². The first kappa shape index (κ1) is 21.5. The van der Waals surface area contributed by atoms with Crippen LogP contribution in [0.4, 0.5) is 13.2 Å². The summed E-state index contributed by atoms with van der Waals surface area (Å²) in [5, 5.41) is 10.5. The van der Waals surface area contributed by atoms with Gasteiger partial charge in [0, 0.05) is 19.2 Å². The van der Waals surface area contributed by atoms with E-state index in [1.807, 2.05) is 0 Å². The van der Waals surface area contributed by atoms with Gasteiger partial charge in [0.15, 0.2) is 0 Å². The summed E-state index contributed by atoms with van der Waals surface area (Å²) < 4.78 is 46.1. The molecule has 0 aromatic heterocycles. The predicted molar refractivity (Wildman–Crippen MR) is 96.4 cm³/mol. The molecule has 1 aromatic carbocycles. The molecule has 4 nitrogen and oxygen atoms in total. The molecule has 0 radical (unpaired) electrons. The fraction of sp³-hybridized carbons (Fsp3) is 0.650. The molecule has 1 amide bonds. The molecule has 1 atom stereocenters. The van der Waals surface area contributed by atoms with Crippen molar-refractivity contribution in [1.29, 1.82) is 0 Å². The highest BCUT2D eigenvalue weighted by molar-refractivity contribution is 5.87. The van der Waals surface area contributed by atoms with E-state index in [4.69, 9.17) is 4.74 Å². The highest BCUT2D eigenvalue weighted by Gasteiger charge is 2.61. The summed E-state index contributed by atoms with van der Waals surface area (Å²) in [6.45, 7) is 0.178. The van der Waals surface area contributed by atoms with Crippen molar-refractivity contribution >= 4 is 5.91 Å². The molecule has 0 unspecified atom stereocenters. The molecule has 1 aliphatic rings. The molecular weight excluding hydrogens is 359 g/mol. The number of carbonyl (C=O) groups excluding carboxylic acids is 1. The number of ether oxygens (including phenoxy) is 1. The van der Waals surface area contributed by atoms with Gasteiger partial charge in [0.05, 0.1) is 7.11 Å². The first-order chi connectivity index (χ1) is 12.7. The Labute approximate surface area is 158 Å². The van der Waals surface area contributed by atoms with Crippen LogP contribution in [0, 0.1) is 5.92 Å². The van der Waals surface area contributed by atoms with E-state index in [1.54, 1.807) is 0 Å². The predicted octanol–water partition coefficient (Wildman–Crippen LogP) is 4.26. The molecule has 1 aromatic rings. The van der Waals surface area contributed by atoms with Crippen molar-refractivity contribution in [3.63, 3.8) is 0 Å². The van der Waals surface area contributed by atoms with E-state index in [2.05, 4.69) is 0 Å². The van der Waals surface area contributed by atoms with Gasteiger partial charge in [0.25, 0.3) is 11.5 Å². The Balaban J connectivity index is 2.11. The van der Waals surface area contributed by atoms with Crippen molar-refractivity contribution in [3.05, 3.63) is 29.8 Å². The van der Waals surface area contributed by atoms with Crippen molar-refractivity contribution < 1.29 is 27.8 Å². The molecule has 1 N–H and O–H groups in total. The van der Waals surface area contributed by atoms with Gasteiger partial charge < -0.3 is 14.7 Å². The number of carbonyl (C=O) groups is 1. The van der Waals surface area contributed by atoms with Crippen LogP contribution < -0.4 is 4.74 Å². The van der Waals surface area contributed by atoms with Gasteiger partial charge in [-0.15, -0.1) is 0 Å². The Hall–Kier alpha value is -1.76. The van der Waals surface area contributed by atoms with Crippen molar-refractivity contribution in [1.82, 2.24) is 4.90 Å². The van der Waals surface area contributed by atoms with E-state index in [0.717, 1.165) is 36.3 Å². The zero-order chi connectivity index (χ0) is 20.1. The minimum atomic E-state index is -5.14. The molecule has 0 bridgehead atoms. The van der Waals surface area contributed by atoms with Gasteiger partial charge in [-0.25, -0.2) is 0 Å². The van der Waals surface area contributed by atoms with Crippen molar-refractivity contribution in [2.75, 3.05) is 20.7 Å². The molecule has 0 spiro atoms. The van der Waals surface area contributed by atoms with Gasteiger partial charge in [-0.1, -0.05) is 44.2 Å². The zero-order valence-electron chi connectivity index (χ0n) is 15.9. The normalized spacial score (nSPS) is 18.0. The zero-order valence-corrected chi connectivity index (χ0v) is 15.9. The molecule has 1 aliphatic carbocycles. The summed E-state index contributed by atoms with van der Waals surface area (Å²) in [5.74, 6) is -0.642. The monoisotopic (exact) mass is 387 g/mol. The van der Waals surface area contributed by atoms with E-state index in [0.29, 0.717) is 12.3 Å². The van der Waals surface area contributed by atoms with Crippen molar-refractivity contribution in [2.45, 2.75) is 56.7 Å². The van der Waals surface area contributed by atoms with Crippen LogP contribution in [0.25, 0.3) is 0 Å². The number of methoxy groups -OCH3 is 1. The number of amides is 1. The van der Waals surface area contributed by atoms with Crippen LogP contribution >= 0.6 is 0 Å². The molecule has 0 saturated heterocycles. The van der Waals surface area contributed by atoms with Gasteiger partial charge in [-0.05, 0) is 30.9 Å². The fourth-order valence-corrected chi connectivity index (χ4v) is 3.73. The highest BCUT2D eigenvalue weighted by atomic mass is 19.4. The number of hydrogen-bond donors (Lipinski definition) is 1. The fourth-order valence-electron chi connectivity index (χ4n) is 3.73. The van der Waals surface area contributed by atoms with E-state index < -0.39 is 23.2 Å². The standard InChI is InChI=1S/C20H28F3NO3/c1-24(13-7-10-15-8-4-3-5-9-15)18(25)19(26,20(21,22)23)16-11-6-12-17(14-16)27-2/h6,11-12,14-15,26H,3-5,7-10,13H2,1-2H3/t19-/m1/s1. The third-order valence-corrected chi connectivity index (χ3v) is 5.38. The number of halogens is 3. The quantitative estimate of drug-likeness (QED) is 0.760. The van der Waals surface area contributed by atoms with Crippen molar-refractivity contribution in [3.8, 4) is 5.75 Å². The number of alkyl halides is 3. The number of hydrogen-bond acceptors (Lipinski definition) is 3. The molecule has 7 heteroatoms. The Bertz CT molecular complexity index is 629. The van der Waals surface area contributed by atoms with Crippen molar-refractivity contribution in [2.24, 2.45) is 5.92 Å². The number of likely N-dealkylation sites (N-methyl/N-ethyl adjacent to an activating group) is 1. The molecule has 2 rings (SSSR count). The lowest BCUT2D eigenvalue weighted by Crippen LogP contribution is -2.55. The van der Waals surface area contributed by atoms with E-state index in [9.17, 15) is 23.1 Å². The summed E-state index contributed by atoms with van der Waals surface area (Å²) in [6, 6.07) is 4.91. The van der Waals surface area contributed by atoms with Gasteiger partial charge in [-0.3, -0.25) is 4.79 Å². The van der Waals surface area contributed by atoms with Gasteiger partial charge >= 0.3 is 6.18 Å². The Morgan fingerprint density at radius 3 is 2.52 bits per heavy atom. The molecular formula is C20H28F3NO3. The number of benzene rings is 1. The second-order valence-corrected chi connectivity index (χ2v) is 7.31. The molecule has 152 valence electrons. The maximum atomic E-state index is 13.7. The van der Waals surface area contributed by atoms with Crippen LogP contribution in [-0.2, 0) is 10.4 Å². The van der Waals surface area contributed by atoms with Crippen LogP contribution in [0.2, 0.25) is 0 Å². The van der Waals surface area contributed by atoms with Gasteiger partial charge in [0.2, 0.25) is 0 Å². The summed E-state index contributed by atoms with van der Waals surface area (Å²) in [7, 11) is 2.62. The summed E-state index contributed by atoms with van der Waals surface area (Å²) in [6.07, 6.45) is 2.30. The summed E-state index contributed by atoms with van der Waals surface area (Å²) in [5.41, 5.74) is -4.14. The third kappa shape index (κ3) is 4.94. The molecule has 0 aliphatic heterocycles. The van der Waals surface area contributed by atoms with Gasteiger partial charge in [0.1, 0.15) is 5.75 Å². The van der Waals surface area contributed by atoms with Crippen LogP contribution in [0.1, 0.15) is 50.5 Å². The van der Waals surface area contributed by atoms with Crippen LogP contribution in [0.3, 0.4) is 0 Å². The lowest BCUT2D eigenvalue weighted by Gasteiger charge is -2.33. The maximum Gasteiger partial charge on any atom is 0.430 e. The first-order valence-electron chi connectivity index (χ1n) is 9.39. The second-order valence-electron chi connectivity index (χ2n) is 7.31. The average molecular weight is 387 g/mol. The molecule has 1 fully saturated rings. The highest BCUT2D eigenvalue weighted by Crippen LogP contribution is 2.41. The Morgan fingerprint density at radius 2 is 1.93 bits per heavy atom. The number of rotatable bonds is 7. The summed E-state index contributed by atoms with van der Waals surface area (Å²) in [4.78, 5) is 13.6. The third-order valence-electron chi connectivity index (χ3n) is 5.38. The lowest BCUT2D eigenvalue weighted by atomic mass is 9.86. The second kappa shape index (κ2) is 8.95. The minimum Gasteiger partial charge on any atom is -0.497 e. The Kier molecular flexibility index (Phi) is 7.14. The topological polar surface area (TPSA) is 49.8 Å². The summed E-state index contributed by atoms with van der Waals surface area (Å²) >= 11 is 0. The molecule has 27 heavy (non-hydrogen) atoms. The van der Waals surface area contributed by atoms with E-state index in [1.165, 1.54) is 45.6 Å². The first-order valence-corrected chi connectivity index (χ1v) is 9.39. The maximum absolute atomic E-state index is 13.7. The van der Waals surface area contributed by atoms with Gasteiger partial charge in [-0.2, -0.15) is 13.2 Å². The van der Waals surface area contributed by atoms with Crippen LogP contribution in [0.5, 0.6) is 5.75 Å². The van der Waals surface area contributed by atoms with Crippen LogP contribution in [0.15, 0.2) is 24.3 Å². The Morgan fingerprint density at radius 1 is 1.26 bits per heavy atom. The largest absolute Gasteiger partial charge is 0.497 e. The molecule has 0 heterocycles. The average Bonchev–Trinajstić information content (AvgIpc) is 2.66. The lowest BCUT2D eigenvalue weighted by molar-refractivity contribution is -0.261. The smallest absolute Gasteiger partial charge is 0.430 e. The minimum absolute atomic E-state index is 0.142. The molecule has 1 saturated carbocycles. The number of aliphatic hydroxyl groups is 1. The number of nitrogens with zero attached hydrogens (tertiary/aromatic N) is 1. The SMILES string of the molecule is COc1cccc([C@@](O)(C(=O)N(C)CCCC2CCCCC2)C(F)(F)F)c1.